The van der Waals surface area contributed by atoms with Crippen LogP contribution < -0.4 is 0 Å². The van der Waals surface area contributed by atoms with Crippen LogP contribution in [0.15, 0.2) is 0 Å². The molecule has 0 radical (unpaired) electrons. The van der Waals surface area contributed by atoms with Gasteiger partial charge in [-0.3, -0.25) is 0 Å². The number of carbonyl (C=O) groups excluding carboxylic acids is 1. The monoisotopic (exact) mass is 166 g/mol. The van der Waals surface area contributed by atoms with Gasteiger partial charge in [0.2, 0.25) is 0 Å². The van der Waals surface area contributed by atoms with Crippen LogP contribution in [0.4, 0.5) is 0 Å². The van der Waals surface area contributed by atoms with E-state index in [0.717, 1.165) is 12.8 Å². The maximum Gasteiger partial charge on any atom is 0.330 e. The van der Waals surface area contributed by atoms with Gasteiger partial charge in [-0.15, -0.1) is 0 Å². The Morgan fingerprint density at radius 1 is 1.78 bits per heavy atom. The van der Waals surface area contributed by atoms with E-state index in [1.165, 1.54) is 0 Å². The fraction of sp³-hybridized carbons (Fsp3) is 0.800. The number of rotatable bonds is 3. The lowest BCUT2D eigenvalue weighted by Gasteiger charge is -2.03. The van der Waals surface area contributed by atoms with Crippen LogP contribution in [0.1, 0.15) is 19.8 Å². The Morgan fingerprint density at radius 2 is 2.33 bits per heavy atom. The largest absolute Gasteiger partial charge is 0.394 e. The van der Waals surface area contributed by atoms with E-state index in [1.807, 2.05) is 6.92 Å². The smallest absolute Gasteiger partial charge is 0.330 e. The molecule has 1 unspecified atom stereocenters. The van der Waals surface area contributed by atoms with Crippen molar-refractivity contribution in [2.24, 2.45) is 0 Å². The van der Waals surface area contributed by atoms with E-state index < -0.39 is 0 Å². The molecule has 9 heavy (non-hydrogen) atoms. The molecule has 0 saturated carbocycles. The van der Waals surface area contributed by atoms with Crippen molar-refractivity contribution in [1.29, 1.82) is 0 Å². The third-order valence-electron chi connectivity index (χ3n) is 0.924. The Balaban J connectivity index is 3.45. The highest BCUT2D eigenvalue weighted by atomic mass is 32.1. The van der Waals surface area contributed by atoms with Crippen molar-refractivity contribution < 1.29 is 8.98 Å². The van der Waals surface area contributed by atoms with Gasteiger partial charge in [-0.25, -0.2) is 4.79 Å². The summed E-state index contributed by atoms with van der Waals surface area (Å²) in [4.78, 5) is 10.5. The average Bonchev–Trinajstić information content (AvgIpc) is 1.87. The highest BCUT2D eigenvalue weighted by Gasteiger charge is 2.12. The van der Waals surface area contributed by atoms with Gasteiger partial charge in [0.1, 0.15) is 5.25 Å². The molecule has 0 aromatic rings. The van der Waals surface area contributed by atoms with Gasteiger partial charge in [-0.1, -0.05) is 13.3 Å². The molecule has 0 amide bonds. The number of hydrogen-bond acceptors (Lipinski definition) is 4. The van der Waals surface area contributed by atoms with E-state index in [-0.39, 0.29) is 11.2 Å². The molecule has 0 N–H and O–H groups in total. The lowest BCUT2D eigenvalue weighted by atomic mass is 10.2. The van der Waals surface area contributed by atoms with Crippen molar-refractivity contribution in [1.82, 2.24) is 0 Å². The van der Waals surface area contributed by atoms with Crippen LogP contribution >= 0.6 is 25.5 Å². The van der Waals surface area contributed by atoms with E-state index >= 15 is 0 Å². The molecule has 0 aromatic heterocycles. The van der Waals surface area contributed by atoms with Crippen molar-refractivity contribution in [3.63, 3.8) is 0 Å². The van der Waals surface area contributed by atoms with E-state index in [0.29, 0.717) is 0 Å². The van der Waals surface area contributed by atoms with Gasteiger partial charge >= 0.3 is 5.97 Å². The summed E-state index contributed by atoms with van der Waals surface area (Å²) in [5, 5.41) is -0.313. The Bertz CT molecular complexity index is 95.0. The second-order valence-corrected chi connectivity index (χ2v) is 2.52. The normalized spacial score (nSPS) is 12.8. The molecule has 0 bridgehead atoms. The molecule has 0 aliphatic carbocycles. The minimum absolute atomic E-state index is 0.313. The summed E-state index contributed by atoms with van der Waals surface area (Å²) in [6, 6.07) is 0. The van der Waals surface area contributed by atoms with Gasteiger partial charge in [-0.2, -0.15) is 12.6 Å². The van der Waals surface area contributed by atoms with Crippen LogP contribution in [0.5, 0.6) is 0 Å². The van der Waals surface area contributed by atoms with Gasteiger partial charge in [0.25, 0.3) is 0 Å². The molecule has 2 nitrogen and oxygen atoms in total. The maximum atomic E-state index is 10.5. The lowest BCUT2D eigenvalue weighted by molar-refractivity contribution is -0.132. The quantitative estimate of drug-likeness (QED) is 0.490. The van der Waals surface area contributed by atoms with Crippen LogP contribution in [-0.2, 0) is 8.98 Å². The van der Waals surface area contributed by atoms with Crippen LogP contribution in [0.25, 0.3) is 0 Å². The maximum absolute atomic E-state index is 10.5. The second kappa shape index (κ2) is 4.99. The van der Waals surface area contributed by atoms with Crippen molar-refractivity contribution in [2.75, 3.05) is 0 Å². The fourth-order valence-corrected chi connectivity index (χ4v) is 0.973. The first kappa shape index (κ1) is 9.17. The van der Waals surface area contributed by atoms with E-state index in [2.05, 4.69) is 29.7 Å². The Hall–Kier alpha value is 0.170. The molecule has 4 heteroatoms. The topological polar surface area (TPSA) is 26.3 Å². The predicted molar refractivity (Wildman–Crippen MR) is 42.8 cm³/mol. The molecular formula is C5H10O2S2. The molecular weight excluding hydrogens is 156 g/mol. The zero-order valence-electron chi connectivity index (χ0n) is 5.20. The Labute approximate surface area is 66.0 Å². The van der Waals surface area contributed by atoms with Crippen molar-refractivity contribution in [3.8, 4) is 0 Å². The summed E-state index contributed by atoms with van der Waals surface area (Å²) < 4.78 is 4.14. The molecule has 0 heterocycles. The third-order valence-corrected chi connectivity index (χ3v) is 1.57. The van der Waals surface area contributed by atoms with E-state index in [4.69, 9.17) is 0 Å². The summed E-state index contributed by atoms with van der Waals surface area (Å²) >= 11 is 7.31. The molecule has 0 aromatic carbocycles. The van der Waals surface area contributed by atoms with Crippen LogP contribution in [-0.4, -0.2) is 11.2 Å². The highest BCUT2D eigenvalue weighted by molar-refractivity contribution is 7.82. The van der Waals surface area contributed by atoms with Crippen LogP contribution in [0.3, 0.4) is 0 Å². The lowest BCUT2D eigenvalue weighted by Crippen LogP contribution is -2.13. The number of carbonyl (C=O) groups is 1. The van der Waals surface area contributed by atoms with Crippen molar-refractivity contribution >= 4 is 31.5 Å². The van der Waals surface area contributed by atoms with Gasteiger partial charge in [0.05, 0.1) is 0 Å². The van der Waals surface area contributed by atoms with Crippen LogP contribution in [0, 0.1) is 0 Å². The van der Waals surface area contributed by atoms with Gasteiger partial charge < -0.3 is 4.18 Å². The standard InChI is InChI=1S/C5H10O2S2/c1-2-3-4(8)5(6)7-9/h4,8-9H,2-3H2,1H3. The zero-order valence-corrected chi connectivity index (χ0v) is 6.99. The van der Waals surface area contributed by atoms with E-state index in [1.54, 1.807) is 0 Å². The Kier molecular flexibility index (Phi) is 5.09. The van der Waals surface area contributed by atoms with Crippen molar-refractivity contribution in [3.05, 3.63) is 0 Å². The summed E-state index contributed by atoms with van der Waals surface area (Å²) in [5.74, 6) is -0.372. The minimum Gasteiger partial charge on any atom is -0.394 e. The summed E-state index contributed by atoms with van der Waals surface area (Å²) in [7, 11) is 0. The third kappa shape index (κ3) is 3.70. The van der Waals surface area contributed by atoms with Gasteiger partial charge in [0.15, 0.2) is 0 Å². The highest BCUT2D eigenvalue weighted by Crippen LogP contribution is 2.06. The second-order valence-electron chi connectivity index (χ2n) is 1.71. The van der Waals surface area contributed by atoms with Crippen LogP contribution in [0.2, 0.25) is 0 Å². The molecule has 0 aliphatic heterocycles. The SMILES string of the molecule is CCCC(S)C(=O)OS. The molecule has 0 saturated heterocycles. The summed E-state index contributed by atoms with van der Waals surface area (Å²) in [6.07, 6.45) is 1.67. The first-order valence-corrected chi connectivity index (χ1v) is 3.63. The predicted octanol–water partition coefficient (Wildman–Crippen LogP) is 1.47. The van der Waals surface area contributed by atoms with Crippen molar-refractivity contribution in [2.45, 2.75) is 25.0 Å². The molecule has 0 fully saturated rings. The zero-order chi connectivity index (χ0) is 7.28. The molecule has 0 spiro atoms. The average molecular weight is 166 g/mol. The minimum atomic E-state index is -0.372. The van der Waals surface area contributed by atoms with E-state index in [9.17, 15) is 4.79 Å². The molecule has 0 aliphatic rings. The first-order chi connectivity index (χ1) is 4.22. The first-order valence-electron chi connectivity index (χ1n) is 2.75. The molecule has 0 rings (SSSR count). The summed E-state index contributed by atoms with van der Waals surface area (Å²) in [5.41, 5.74) is 0. The molecule has 1 atom stereocenters. The molecule has 54 valence electrons. The fourth-order valence-electron chi connectivity index (χ4n) is 0.452. The number of hydrogen-bond donors (Lipinski definition) is 2. The Morgan fingerprint density at radius 3 is 2.67 bits per heavy atom. The number of thiol groups is 2. The summed E-state index contributed by atoms with van der Waals surface area (Å²) in [6.45, 7) is 1.98. The van der Waals surface area contributed by atoms with Gasteiger partial charge in [-0.05, 0) is 6.42 Å². The van der Waals surface area contributed by atoms with Gasteiger partial charge in [0, 0.05) is 12.9 Å².